The van der Waals surface area contributed by atoms with Crippen LogP contribution in [0.5, 0.6) is 0 Å². The van der Waals surface area contributed by atoms with E-state index in [2.05, 4.69) is 5.32 Å². The Morgan fingerprint density at radius 3 is 2.47 bits per heavy atom. The fourth-order valence-electron chi connectivity index (χ4n) is 2.34. The molecular weight excluding hydrogens is 220 g/mol. The number of ether oxygens (including phenoxy) is 1. The van der Waals surface area contributed by atoms with Crippen molar-refractivity contribution in [1.82, 2.24) is 10.2 Å². The van der Waals surface area contributed by atoms with E-state index in [-0.39, 0.29) is 24.5 Å². The summed E-state index contributed by atoms with van der Waals surface area (Å²) in [5.41, 5.74) is -0.706. The minimum absolute atomic E-state index is 0.0304. The van der Waals surface area contributed by atoms with Crippen LogP contribution in [0, 0.1) is 0 Å². The van der Waals surface area contributed by atoms with Gasteiger partial charge in [-0.3, -0.25) is 9.59 Å². The molecule has 1 fully saturated rings. The second-order valence-electron chi connectivity index (χ2n) is 4.47. The number of hydrogen-bond donors (Lipinski definition) is 1. The van der Waals surface area contributed by atoms with Gasteiger partial charge in [-0.25, -0.2) is 0 Å². The van der Waals surface area contributed by atoms with Crippen LogP contribution in [-0.4, -0.2) is 48.6 Å². The minimum atomic E-state index is -0.706. The Kier molecular flexibility index (Phi) is 4.51. The number of piperazine rings is 1. The van der Waals surface area contributed by atoms with Crippen LogP contribution in [0.2, 0.25) is 0 Å². The van der Waals surface area contributed by atoms with Gasteiger partial charge in [0.05, 0.1) is 12.6 Å². The molecule has 17 heavy (non-hydrogen) atoms. The highest BCUT2D eigenvalue weighted by Gasteiger charge is 2.46. The van der Waals surface area contributed by atoms with E-state index in [1.807, 2.05) is 20.8 Å². The van der Waals surface area contributed by atoms with Gasteiger partial charge >= 0.3 is 0 Å². The quantitative estimate of drug-likeness (QED) is 0.765. The molecule has 1 unspecified atom stereocenters. The molecule has 1 saturated heterocycles. The van der Waals surface area contributed by atoms with Gasteiger partial charge in [0.1, 0.15) is 5.54 Å². The van der Waals surface area contributed by atoms with E-state index in [1.54, 1.807) is 12.0 Å². The van der Waals surface area contributed by atoms with Crippen molar-refractivity contribution in [2.24, 2.45) is 0 Å². The molecule has 1 N–H and O–H groups in total. The van der Waals surface area contributed by atoms with Crippen molar-refractivity contribution in [3.63, 3.8) is 0 Å². The number of amides is 2. The molecule has 1 atom stereocenters. The van der Waals surface area contributed by atoms with Crippen molar-refractivity contribution in [3.05, 3.63) is 0 Å². The summed E-state index contributed by atoms with van der Waals surface area (Å²) in [6.45, 7) is 6.33. The zero-order chi connectivity index (χ0) is 13.1. The van der Waals surface area contributed by atoms with Gasteiger partial charge in [-0.2, -0.15) is 0 Å². The first-order chi connectivity index (χ1) is 8.01. The summed E-state index contributed by atoms with van der Waals surface area (Å²) >= 11 is 0. The van der Waals surface area contributed by atoms with E-state index < -0.39 is 5.54 Å². The second-order valence-corrected chi connectivity index (χ2v) is 4.47. The minimum Gasteiger partial charge on any atom is -0.380 e. The SMILES string of the molecule is CCC1(CC)C(=O)NCC(=O)N1CC(C)OC. The Morgan fingerprint density at radius 1 is 1.41 bits per heavy atom. The van der Waals surface area contributed by atoms with Crippen LogP contribution in [0.3, 0.4) is 0 Å². The lowest BCUT2D eigenvalue weighted by molar-refractivity contribution is -0.156. The maximum Gasteiger partial charge on any atom is 0.246 e. The molecule has 0 aromatic heterocycles. The van der Waals surface area contributed by atoms with Gasteiger partial charge in [-0.15, -0.1) is 0 Å². The van der Waals surface area contributed by atoms with Crippen molar-refractivity contribution >= 4 is 11.8 Å². The molecule has 5 heteroatoms. The zero-order valence-corrected chi connectivity index (χ0v) is 11.1. The molecule has 1 rings (SSSR count). The highest BCUT2D eigenvalue weighted by atomic mass is 16.5. The summed E-state index contributed by atoms with van der Waals surface area (Å²) in [5.74, 6) is -0.0809. The number of nitrogens with zero attached hydrogens (tertiary/aromatic N) is 1. The van der Waals surface area contributed by atoms with Gasteiger partial charge in [-0.1, -0.05) is 13.8 Å². The van der Waals surface area contributed by atoms with Crippen LogP contribution < -0.4 is 5.32 Å². The largest absolute Gasteiger partial charge is 0.380 e. The lowest BCUT2D eigenvalue weighted by atomic mass is 9.87. The van der Waals surface area contributed by atoms with E-state index in [4.69, 9.17) is 4.74 Å². The number of methoxy groups -OCH3 is 1. The van der Waals surface area contributed by atoms with Crippen LogP contribution in [0.25, 0.3) is 0 Å². The van der Waals surface area contributed by atoms with E-state index in [1.165, 1.54) is 0 Å². The second kappa shape index (κ2) is 5.49. The first-order valence-corrected chi connectivity index (χ1v) is 6.13. The highest BCUT2D eigenvalue weighted by molar-refractivity contribution is 5.97. The van der Waals surface area contributed by atoms with Crippen LogP contribution in [0.1, 0.15) is 33.6 Å². The third-order valence-electron chi connectivity index (χ3n) is 3.65. The summed E-state index contributed by atoms with van der Waals surface area (Å²) in [7, 11) is 1.61. The molecule has 0 aliphatic carbocycles. The first-order valence-electron chi connectivity index (χ1n) is 6.13. The summed E-state index contributed by atoms with van der Waals surface area (Å²) in [6.07, 6.45) is 1.18. The summed E-state index contributed by atoms with van der Waals surface area (Å²) in [5, 5.41) is 2.67. The zero-order valence-electron chi connectivity index (χ0n) is 11.1. The maximum absolute atomic E-state index is 12.1. The molecule has 0 aromatic carbocycles. The molecule has 5 nitrogen and oxygen atoms in total. The Balaban J connectivity index is 2.99. The van der Waals surface area contributed by atoms with Gasteiger partial charge in [0.2, 0.25) is 11.8 Å². The molecule has 98 valence electrons. The van der Waals surface area contributed by atoms with Crippen LogP contribution in [-0.2, 0) is 14.3 Å². The van der Waals surface area contributed by atoms with Crippen LogP contribution in [0.15, 0.2) is 0 Å². The summed E-state index contributed by atoms with van der Waals surface area (Å²) in [4.78, 5) is 25.7. The van der Waals surface area contributed by atoms with E-state index >= 15 is 0 Å². The van der Waals surface area contributed by atoms with Gasteiger partial charge < -0.3 is 15.0 Å². The van der Waals surface area contributed by atoms with E-state index in [0.29, 0.717) is 19.4 Å². The lowest BCUT2D eigenvalue weighted by Crippen LogP contribution is -2.67. The molecule has 1 aliphatic heterocycles. The van der Waals surface area contributed by atoms with Crippen molar-refractivity contribution < 1.29 is 14.3 Å². The fraction of sp³-hybridized carbons (Fsp3) is 0.833. The summed E-state index contributed by atoms with van der Waals surface area (Å²) < 4.78 is 5.19. The monoisotopic (exact) mass is 242 g/mol. The Morgan fingerprint density at radius 2 is 2.00 bits per heavy atom. The third-order valence-corrected chi connectivity index (χ3v) is 3.65. The number of nitrogens with one attached hydrogen (secondary N) is 1. The van der Waals surface area contributed by atoms with Crippen molar-refractivity contribution in [3.8, 4) is 0 Å². The Hall–Kier alpha value is -1.10. The maximum atomic E-state index is 12.1. The van der Waals surface area contributed by atoms with Gasteiger partial charge in [0, 0.05) is 13.7 Å². The smallest absolute Gasteiger partial charge is 0.246 e. The first kappa shape index (κ1) is 14.0. The molecular formula is C12H22N2O3. The van der Waals surface area contributed by atoms with Crippen LogP contribution in [0.4, 0.5) is 0 Å². The van der Waals surface area contributed by atoms with Crippen molar-refractivity contribution in [1.29, 1.82) is 0 Å². The average molecular weight is 242 g/mol. The Bertz CT molecular complexity index is 300. The molecule has 1 aliphatic rings. The molecule has 2 amide bonds. The number of hydrogen-bond acceptors (Lipinski definition) is 3. The normalized spacial score (nSPS) is 21.3. The third kappa shape index (κ3) is 2.44. The molecule has 0 saturated carbocycles. The Labute approximate surface area is 102 Å². The molecule has 0 spiro atoms. The lowest BCUT2D eigenvalue weighted by Gasteiger charge is -2.45. The summed E-state index contributed by atoms with van der Waals surface area (Å²) in [6, 6.07) is 0. The predicted molar refractivity (Wildman–Crippen MR) is 64.5 cm³/mol. The number of rotatable bonds is 5. The standard InChI is InChI=1S/C12H22N2O3/c1-5-12(6-2)11(16)13-7-10(15)14(12)8-9(3)17-4/h9H,5-8H2,1-4H3,(H,13,16). The van der Waals surface area contributed by atoms with E-state index in [9.17, 15) is 9.59 Å². The van der Waals surface area contributed by atoms with Gasteiger partial charge in [0.15, 0.2) is 0 Å². The van der Waals surface area contributed by atoms with Crippen molar-refractivity contribution in [2.75, 3.05) is 20.2 Å². The predicted octanol–water partition coefficient (Wildman–Crippen LogP) is 0.539. The van der Waals surface area contributed by atoms with Crippen LogP contribution >= 0.6 is 0 Å². The molecule has 0 aromatic rings. The number of carbonyl (C=O) groups excluding carboxylic acids is 2. The van der Waals surface area contributed by atoms with Gasteiger partial charge in [0.25, 0.3) is 0 Å². The van der Waals surface area contributed by atoms with E-state index in [0.717, 1.165) is 0 Å². The topological polar surface area (TPSA) is 58.6 Å². The van der Waals surface area contributed by atoms with Crippen molar-refractivity contribution in [2.45, 2.75) is 45.3 Å². The average Bonchev–Trinajstić information content (AvgIpc) is 2.35. The number of carbonyl (C=O) groups is 2. The highest BCUT2D eigenvalue weighted by Crippen LogP contribution is 2.27. The molecule has 1 heterocycles. The molecule has 0 radical (unpaired) electrons. The fourth-order valence-corrected chi connectivity index (χ4v) is 2.34. The van der Waals surface area contributed by atoms with Gasteiger partial charge in [-0.05, 0) is 19.8 Å². The molecule has 0 bridgehead atoms.